The average Bonchev–Trinajstić information content (AvgIpc) is 3.25. The van der Waals surface area contributed by atoms with E-state index in [1.165, 1.54) is 24.8 Å². The van der Waals surface area contributed by atoms with Crippen LogP contribution in [0.5, 0.6) is 5.75 Å². The highest BCUT2D eigenvalue weighted by molar-refractivity contribution is 9.10. The normalized spacial score (nSPS) is 20.2. The van der Waals surface area contributed by atoms with Crippen molar-refractivity contribution in [3.05, 3.63) is 73.5 Å². The van der Waals surface area contributed by atoms with Crippen molar-refractivity contribution in [3.8, 4) is 5.75 Å². The molecular formula is C20H23BrN3O8P. The molecule has 0 aliphatic carbocycles. The van der Waals surface area contributed by atoms with E-state index < -0.39 is 43.3 Å². The minimum atomic E-state index is -4.04. The topological polar surface area (TPSA) is 138 Å². The van der Waals surface area contributed by atoms with E-state index in [9.17, 15) is 18.9 Å². The molecule has 0 unspecified atom stereocenters. The van der Waals surface area contributed by atoms with Crippen molar-refractivity contribution in [2.45, 2.75) is 32.2 Å². The number of aryl methyl sites for hydroxylation is 1. The molecule has 178 valence electrons. The van der Waals surface area contributed by atoms with E-state index in [2.05, 4.69) is 30.7 Å². The van der Waals surface area contributed by atoms with E-state index in [0.717, 1.165) is 4.47 Å². The molecule has 1 aromatic heterocycles. The molecular weight excluding hydrogens is 521 g/mol. The summed E-state index contributed by atoms with van der Waals surface area (Å²) in [5.74, 6) is -0.398. The molecule has 0 saturated heterocycles. The molecule has 13 heteroatoms. The van der Waals surface area contributed by atoms with Crippen molar-refractivity contribution < 1.29 is 27.9 Å². The number of carbonyl (C=O) groups is 1. The van der Waals surface area contributed by atoms with E-state index in [-0.39, 0.29) is 12.4 Å². The Hall–Kier alpha value is -2.50. The first-order valence-electron chi connectivity index (χ1n) is 9.81. The van der Waals surface area contributed by atoms with Crippen LogP contribution in [-0.4, -0.2) is 41.4 Å². The first kappa shape index (κ1) is 25.1. The molecule has 0 bridgehead atoms. The number of methoxy groups -OCH3 is 1. The van der Waals surface area contributed by atoms with Crippen LogP contribution in [0.1, 0.15) is 18.7 Å². The first-order chi connectivity index (χ1) is 15.6. The number of nitrogens with zero attached hydrogens (tertiary/aromatic N) is 1. The number of nitrogens with one attached hydrogen (secondary N) is 2. The highest BCUT2D eigenvalue weighted by Crippen LogP contribution is 2.45. The zero-order valence-corrected chi connectivity index (χ0v) is 20.5. The van der Waals surface area contributed by atoms with E-state index in [1.54, 1.807) is 43.3 Å². The maximum Gasteiger partial charge on any atom is 0.459 e. The lowest BCUT2D eigenvalue weighted by Crippen LogP contribution is -2.35. The number of aromatic nitrogens is 2. The molecule has 2 N–H and O–H groups in total. The van der Waals surface area contributed by atoms with Gasteiger partial charge in [0.05, 0.1) is 13.7 Å². The van der Waals surface area contributed by atoms with Gasteiger partial charge in [0.2, 0.25) is 0 Å². The summed E-state index contributed by atoms with van der Waals surface area (Å²) >= 11 is 3.31. The second kappa shape index (κ2) is 10.6. The molecule has 0 spiro atoms. The van der Waals surface area contributed by atoms with Gasteiger partial charge >= 0.3 is 19.4 Å². The molecule has 11 nitrogen and oxygen atoms in total. The van der Waals surface area contributed by atoms with Crippen molar-refractivity contribution in [1.82, 2.24) is 14.6 Å². The second-order valence-corrected chi connectivity index (χ2v) is 9.75. The van der Waals surface area contributed by atoms with Gasteiger partial charge in [-0.1, -0.05) is 22.0 Å². The lowest BCUT2D eigenvalue weighted by Gasteiger charge is -2.24. The van der Waals surface area contributed by atoms with Crippen LogP contribution in [0.15, 0.2) is 56.7 Å². The number of rotatable bonds is 9. The van der Waals surface area contributed by atoms with Crippen molar-refractivity contribution in [3.63, 3.8) is 0 Å². The third-order valence-corrected chi connectivity index (χ3v) is 6.75. The predicted octanol–water partition coefficient (Wildman–Crippen LogP) is 2.42. The van der Waals surface area contributed by atoms with E-state index >= 15 is 0 Å². The summed E-state index contributed by atoms with van der Waals surface area (Å²) in [5.41, 5.74) is -0.755. The van der Waals surface area contributed by atoms with Crippen LogP contribution in [0.25, 0.3) is 0 Å². The Morgan fingerprint density at radius 1 is 1.30 bits per heavy atom. The highest BCUT2D eigenvalue weighted by Gasteiger charge is 2.34. The Labute approximate surface area is 197 Å². The largest absolute Gasteiger partial charge is 0.468 e. The summed E-state index contributed by atoms with van der Waals surface area (Å²) in [4.78, 5) is 37.7. The van der Waals surface area contributed by atoms with Crippen LogP contribution in [-0.2, 0) is 23.4 Å². The van der Waals surface area contributed by atoms with Gasteiger partial charge in [0.25, 0.3) is 5.56 Å². The number of benzene rings is 1. The zero-order valence-electron chi connectivity index (χ0n) is 18.0. The number of aromatic amines is 1. The summed E-state index contributed by atoms with van der Waals surface area (Å²) in [6, 6.07) is 5.57. The van der Waals surface area contributed by atoms with Crippen LogP contribution < -0.4 is 20.9 Å². The summed E-state index contributed by atoms with van der Waals surface area (Å²) in [6.07, 6.45) is 3.17. The van der Waals surface area contributed by atoms with E-state index in [1.807, 2.05) is 0 Å². The Kier molecular flexibility index (Phi) is 8.09. The molecule has 33 heavy (non-hydrogen) atoms. The van der Waals surface area contributed by atoms with Gasteiger partial charge in [0.1, 0.15) is 17.9 Å². The zero-order chi connectivity index (χ0) is 24.2. The summed E-state index contributed by atoms with van der Waals surface area (Å²) in [5, 5.41) is 2.55. The molecule has 1 aliphatic heterocycles. The molecule has 0 radical (unpaired) electrons. The van der Waals surface area contributed by atoms with Gasteiger partial charge < -0.3 is 14.0 Å². The minimum Gasteiger partial charge on any atom is -0.468 e. The quantitative estimate of drug-likeness (QED) is 0.277. The second-order valence-electron chi connectivity index (χ2n) is 7.14. The fourth-order valence-electron chi connectivity index (χ4n) is 2.88. The van der Waals surface area contributed by atoms with Crippen molar-refractivity contribution in [1.29, 1.82) is 0 Å². The molecule has 1 aromatic carbocycles. The van der Waals surface area contributed by atoms with Gasteiger partial charge in [-0.2, -0.15) is 5.09 Å². The van der Waals surface area contributed by atoms with Gasteiger partial charge in [0, 0.05) is 16.2 Å². The van der Waals surface area contributed by atoms with Crippen LogP contribution in [0.4, 0.5) is 0 Å². The Balaban J connectivity index is 1.71. The number of hydrogen-bond donors (Lipinski definition) is 2. The number of carbonyl (C=O) groups excluding carboxylic acids is 1. The smallest absolute Gasteiger partial charge is 0.459 e. The van der Waals surface area contributed by atoms with Crippen LogP contribution in [0.2, 0.25) is 0 Å². The Morgan fingerprint density at radius 3 is 2.67 bits per heavy atom. The minimum absolute atomic E-state index is 0.210. The van der Waals surface area contributed by atoms with Crippen molar-refractivity contribution in [2.75, 3.05) is 13.7 Å². The summed E-state index contributed by atoms with van der Waals surface area (Å²) < 4.78 is 36.9. The lowest BCUT2D eigenvalue weighted by molar-refractivity contribution is -0.142. The highest BCUT2D eigenvalue weighted by atomic mass is 79.9. The molecule has 4 atom stereocenters. The summed E-state index contributed by atoms with van der Waals surface area (Å²) in [7, 11) is -2.84. The van der Waals surface area contributed by atoms with Crippen molar-refractivity contribution in [2.24, 2.45) is 0 Å². The molecule has 1 aliphatic rings. The monoisotopic (exact) mass is 543 g/mol. The fraction of sp³-hybridized carbons (Fsp3) is 0.350. The van der Waals surface area contributed by atoms with Gasteiger partial charge in [-0.3, -0.25) is 23.7 Å². The first-order valence-corrected chi connectivity index (χ1v) is 12.1. The van der Waals surface area contributed by atoms with Crippen LogP contribution in [0.3, 0.4) is 0 Å². The van der Waals surface area contributed by atoms with E-state index in [4.69, 9.17) is 13.8 Å². The number of hydrogen-bond acceptors (Lipinski definition) is 8. The molecule has 0 fully saturated rings. The fourth-order valence-corrected chi connectivity index (χ4v) is 4.65. The average molecular weight is 544 g/mol. The maximum absolute atomic E-state index is 13.4. The predicted molar refractivity (Wildman–Crippen MR) is 122 cm³/mol. The van der Waals surface area contributed by atoms with E-state index in [0.29, 0.717) is 5.56 Å². The number of H-pyrrole nitrogens is 1. The maximum atomic E-state index is 13.4. The van der Waals surface area contributed by atoms with Gasteiger partial charge in [0.15, 0.2) is 6.23 Å². The molecule has 3 rings (SSSR count). The third-order valence-electron chi connectivity index (χ3n) is 4.58. The number of halogens is 1. The third kappa shape index (κ3) is 6.52. The Bertz CT molecular complexity index is 1190. The molecule has 2 aromatic rings. The standard InChI is InChI=1S/C20H23BrN3O8P/c1-12-10-24(20(27)22-18(12)25)17-9-8-16(31-17)11-30-33(28,23-13(2)19(26)29-3)32-15-6-4-14(21)5-7-15/h4-10,13,16-17H,11H2,1-3H3,(H,23,28)(H,22,25,27)/t13-,16-,17+,33+/m0/s1. The lowest BCUT2D eigenvalue weighted by atomic mass is 10.3. The van der Waals surface area contributed by atoms with Gasteiger partial charge in [-0.15, -0.1) is 0 Å². The molecule has 0 amide bonds. The molecule has 2 heterocycles. The summed E-state index contributed by atoms with van der Waals surface area (Å²) in [6.45, 7) is 2.82. The van der Waals surface area contributed by atoms with Gasteiger partial charge in [-0.25, -0.2) is 9.36 Å². The molecule has 0 saturated carbocycles. The van der Waals surface area contributed by atoms with Crippen LogP contribution in [0, 0.1) is 6.92 Å². The SMILES string of the molecule is COC(=O)[C@H](C)N[P@@](=O)(OC[C@@H]1C=C[C@H](n2cc(C)c(=O)[nH]c2=O)O1)Oc1ccc(Br)cc1. The Morgan fingerprint density at radius 2 is 2.00 bits per heavy atom. The van der Waals surface area contributed by atoms with Crippen molar-refractivity contribution >= 4 is 29.6 Å². The number of esters is 1. The van der Waals surface area contributed by atoms with Gasteiger partial charge in [-0.05, 0) is 44.2 Å². The van der Waals surface area contributed by atoms with Crippen LogP contribution >= 0.6 is 23.7 Å². The number of ether oxygens (including phenoxy) is 2.